The Morgan fingerprint density at radius 1 is 1.00 bits per heavy atom. The zero-order chi connectivity index (χ0) is 9.76. The van der Waals surface area contributed by atoms with E-state index in [4.69, 9.17) is 0 Å². The lowest BCUT2D eigenvalue weighted by molar-refractivity contribution is 0.643. The predicted octanol–water partition coefficient (Wildman–Crippen LogP) is 3.12. The number of hydrogen-bond donors (Lipinski definition) is 0. The Kier molecular flexibility index (Phi) is 1.29. The molecule has 0 saturated carbocycles. The van der Waals surface area contributed by atoms with Gasteiger partial charge >= 0.3 is 0 Å². The van der Waals surface area contributed by atoms with Gasteiger partial charge in [-0.15, -0.1) is 0 Å². The highest BCUT2D eigenvalue weighted by atomic mass is 15.0. The molecule has 0 radical (unpaired) electrons. The van der Waals surface area contributed by atoms with Crippen LogP contribution in [0.25, 0.3) is 5.69 Å². The largest absolute Gasteiger partial charge is 0.320 e. The molecule has 70 valence electrons. The van der Waals surface area contributed by atoms with Gasteiger partial charge in [0.05, 0.1) is 0 Å². The van der Waals surface area contributed by atoms with Gasteiger partial charge in [-0.2, -0.15) is 0 Å². The van der Waals surface area contributed by atoms with Crippen molar-refractivity contribution >= 4 is 0 Å². The lowest BCUT2D eigenvalue weighted by Crippen LogP contribution is -2.14. The molecule has 1 aliphatic rings. The molecule has 0 amide bonds. The zero-order valence-corrected chi connectivity index (χ0v) is 8.49. The van der Waals surface area contributed by atoms with Crippen LogP contribution >= 0.6 is 0 Å². The second-order valence-electron chi connectivity index (χ2n) is 4.41. The van der Waals surface area contributed by atoms with E-state index in [2.05, 4.69) is 61.0 Å². The van der Waals surface area contributed by atoms with Crippen LogP contribution in [0.4, 0.5) is 0 Å². The standard InChI is InChI=1S/C13H13N/c1-13(2)10-6-3-4-7-11(10)14-9-5-8-12(13)14/h3-9H,1-2H3. The summed E-state index contributed by atoms with van der Waals surface area (Å²) in [6.45, 7) is 4.56. The first-order chi connectivity index (χ1) is 6.71. The molecule has 1 aliphatic heterocycles. The van der Waals surface area contributed by atoms with E-state index in [9.17, 15) is 0 Å². The van der Waals surface area contributed by atoms with Crippen molar-refractivity contribution in [1.82, 2.24) is 4.57 Å². The number of hydrogen-bond acceptors (Lipinski definition) is 0. The number of rotatable bonds is 0. The topological polar surface area (TPSA) is 4.93 Å². The second kappa shape index (κ2) is 2.30. The molecule has 3 rings (SSSR count). The molecule has 0 N–H and O–H groups in total. The summed E-state index contributed by atoms with van der Waals surface area (Å²) in [6, 6.07) is 13.0. The minimum atomic E-state index is 0.153. The molecule has 1 aromatic heterocycles. The van der Waals surface area contributed by atoms with Crippen molar-refractivity contribution in [3.05, 3.63) is 53.9 Å². The Morgan fingerprint density at radius 3 is 2.64 bits per heavy atom. The Hall–Kier alpha value is -1.50. The maximum absolute atomic E-state index is 2.29. The molecular formula is C13H13N. The van der Waals surface area contributed by atoms with Crippen molar-refractivity contribution in [3.63, 3.8) is 0 Å². The van der Waals surface area contributed by atoms with Gasteiger partial charge in [0.15, 0.2) is 0 Å². The van der Waals surface area contributed by atoms with Crippen molar-refractivity contribution in [2.45, 2.75) is 19.3 Å². The van der Waals surface area contributed by atoms with Crippen molar-refractivity contribution in [2.24, 2.45) is 0 Å². The Balaban J connectivity index is 2.42. The highest BCUT2D eigenvalue weighted by Gasteiger charge is 2.34. The van der Waals surface area contributed by atoms with E-state index in [0.29, 0.717) is 0 Å². The summed E-state index contributed by atoms with van der Waals surface area (Å²) in [5.74, 6) is 0. The molecule has 0 saturated heterocycles. The van der Waals surface area contributed by atoms with E-state index in [1.807, 2.05) is 0 Å². The first kappa shape index (κ1) is 7.86. The molecule has 0 atom stereocenters. The van der Waals surface area contributed by atoms with E-state index >= 15 is 0 Å². The van der Waals surface area contributed by atoms with Crippen LogP contribution in [0, 0.1) is 0 Å². The normalized spacial score (nSPS) is 16.4. The molecule has 1 nitrogen and oxygen atoms in total. The molecule has 0 fully saturated rings. The summed E-state index contributed by atoms with van der Waals surface area (Å²) >= 11 is 0. The number of fused-ring (bicyclic) bond motifs is 3. The quantitative estimate of drug-likeness (QED) is 0.591. The third kappa shape index (κ3) is 0.752. The average molecular weight is 183 g/mol. The summed E-state index contributed by atoms with van der Waals surface area (Å²) in [6.07, 6.45) is 2.14. The summed E-state index contributed by atoms with van der Waals surface area (Å²) in [5, 5.41) is 0. The van der Waals surface area contributed by atoms with Crippen LogP contribution in [0.3, 0.4) is 0 Å². The lowest BCUT2D eigenvalue weighted by Gasteiger charge is -2.18. The second-order valence-corrected chi connectivity index (χ2v) is 4.41. The highest BCUT2D eigenvalue weighted by molar-refractivity contribution is 5.56. The van der Waals surface area contributed by atoms with Gasteiger partial charge in [0.1, 0.15) is 0 Å². The Bertz CT molecular complexity index is 491. The van der Waals surface area contributed by atoms with Gasteiger partial charge in [-0.05, 0) is 23.8 Å². The van der Waals surface area contributed by atoms with E-state index in [1.54, 1.807) is 0 Å². The SMILES string of the molecule is CC1(C)c2ccccc2-n2cccc21. The van der Waals surface area contributed by atoms with Gasteiger partial charge in [0.2, 0.25) is 0 Å². The molecule has 1 heteroatoms. The first-order valence-electron chi connectivity index (χ1n) is 4.99. The van der Waals surface area contributed by atoms with Crippen LogP contribution in [0.5, 0.6) is 0 Å². The molecular weight excluding hydrogens is 170 g/mol. The molecule has 14 heavy (non-hydrogen) atoms. The summed E-state index contributed by atoms with van der Waals surface area (Å²) < 4.78 is 2.29. The molecule has 0 spiro atoms. The lowest BCUT2D eigenvalue weighted by atomic mass is 9.83. The predicted molar refractivity (Wildman–Crippen MR) is 57.9 cm³/mol. The Labute approximate surface area is 84.0 Å². The van der Waals surface area contributed by atoms with E-state index in [-0.39, 0.29) is 5.41 Å². The van der Waals surface area contributed by atoms with Crippen molar-refractivity contribution in [1.29, 1.82) is 0 Å². The fourth-order valence-electron chi connectivity index (χ4n) is 2.45. The van der Waals surface area contributed by atoms with Gasteiger partial charge in [0, 0.05) is 23.0 Å². The molecule has 0 aliphatic carbocycles. The highest BCUT2D eigenvalue weighted by Crippen LogP contribution is 2.42. The number of para-hydroxylation sites is 1. The van der Waals surface area contributed by atoms with Crippen LogP contribution in [0.1, 0.15) is 25.1 Å². The van der Waals surface area contributed by atoms with Crippen molar-refractivity contribution in [3.8, 4) is 5.69 Å². The molecule has 1 aromatic carbocycles. The monoisotopic (exact) mass is 183 g/mol. The molecule has 2 heterocycles. The van der Waals surface area contributed by atoms with E-state index < -0.39 is 0 Å². The van der Waals surface area contributed by atoms with Gasteiger partial charge in [-0.1, -0.05) is 32.0 Å². The van der Waals surface area contributed by atoms with Gasteiger partial charge in [0.25, 0.3) is 0 Å². The Morgan fingerprint density at radius 2 is 1.79 bits per heavy atom. The van der Waals surface area contributed by atoms with Crippen molar-refractivity contribution < 1.29 is 0 Å². The fraction of sp³-hybridized carbons (Fsp3) is 0.231. The van der Waals surface area contributed by atoms with Crippen LogP contribution in [-0.4, -0.2) is 4.57 Å². The van der Waals surface area contributed by atoms with Crippen LogP contribution in [0.2, 0.25) is 0 Å². The van der Waals surface area contributed by atoms with E-state index in [1.165, 1.54) is 16.9 Å². The van der Waals surface area contributed by atoms with Gasteiger partial charge in [-0.25, -0.2) is 0 Å². The molecule has 0 bridgehead atoms. The summed E-state index contributed by atoms with van der Waals surface area (Å²) in [4.78, 5) is 0. The number of benzene rings is 1. The summed E-state index contributed by atoms with van der Waals surface area (Å²) in [7, 11) is 0. The van der Waals surface area contributed by atoms with E-state index in [0.717, 1.165) is 0 Å². The summed E-state index contributed by atoms with van der Waals surface area (Å²) in [5.41, 5.74) is 4.30. The van der Waals surface area contributed by atoms with Crippen molar-refractivity contribution in [2.75, 3.05) is 0 Å². The third-order valence-corrected chi connectivity index (χ3v) is 3.23. The smallest absolute Gasteiger partial charge is 0.0494 e. The van der Waals surface area contributed by atoms with Crippen LogP contribution < -0.4 is 0 Å². The minimum absolute atomic E-state index is 0.153. The maximum atomic E-state index is 2.29. The van der Waals surface area contributed by atoms with Gasteiger partial charge < -0.3 is 4.57 Å². The molecule has 0 unspecified atom stereocenters. The fourth-order valence-corrected chi connectivity index (χ4v) is 2.45. The minimum Gasteiger partial charge on any atom is -0.320 e. The van der Waals surface area contributed by atoms with Crippen LogP contribution in [-0.2, 0) is 5.41 Å². The maximum Gasteiger partial charge on any atom is 0.0494 e. The number of nitrogens with zero attached hydrogens (tertiary/aromatic N) is 1. The first-order valence-corrected chi connectivity index (χ1v) is 4.99. The number of aromatic nitrogens is 1. The van der Waals surface area contributed by atoms with Crippen LogP contribution in [0.15, 0.2) is 42.6 Å². The van der Waals surface area contributed by atoms with Gasteiger partial charge in [-0.3, -0.25) is 0 Å². The zero-order valence-electron chi connectivity index (χ0n) is 8.49. The third-order valence-electron chi connectivity index (χ3n) is 3.23. The molecule has 2 aromatic rings. The average Bonchev–Trinajstić information content (AvgIpc) is 2.72.